The number of rotatable bonds is 4. The van der Waals surface area contributed by atoms with Crippen molar-refractivity contribution in [3.05, 3.63) is 45.1 Å². The first kappa shape index (κ1) is 17.0. The van der Waals surface area contributed by atoms with Gasteiger partial charge in [-0.25, -0.2) is 4.79 Å². The molecule has 0 saturated carbocycles. The number of ether oxygens (including phenoxy) is 1. The standard InChI is InChI=1S/C17H16BrClN2O3/c1-23-17(22)13-8-11(4-5-15(13)19)20-10-12-9-14(18)16(24-12)21-6-2-3-7-21/h4-5,8-10H,2-3,6-7H2,1H3. The summed E-state index contributed by atoms with van der Waals surface area (Å²) in [6, 6.07) is 6.82. The van der Waals surface area contributed by atoms with Crippen molar-refractivity contribution in [2.75, 3.05) is 25.1 Å². The van der Waals surface area contributed by atoms with Gasteiger partial charge in [0.15, 0.2) is 0 Å². The first-order valence-corrected chi connectivity index (χ1v) is 8.72. The number of carbonyl (C=O) groups excluding carboxylic acids is 1. The monoisotopic (exact) mass is 410 g/mol. The van der Waals surface area contributed by atoms with Crippen molar-refractivity contribution in [1.29, 1.82) is 0 Å². The molecule has 0 spiro atoms. The molecule has 5 nitrogen and oxygen atoms in total. The van der Waals surface area contributed by atoms with Gasteiger partial charge in [-0.1, -0.05) is 11.6 Å². The first-order valence-electron chi connectivity index (χ1n) is 7.54. The minimum absolute atomic E-state index is 0.284. The molecule has 1 aromatic carbocycles. The molecule has 1 aliphatic heterocycles. The lowest BCUT2D eigenvalue weighted by atomic mass is 10.2. The highest BCUT2D eigenvalue weighted by Gasteiger charge is 2.19. The summed E-state index contributed by atoms with van der Waals surface area (Å²) >= 11 is 9.53. The zero-order valence-electron chi connectivity index (χ0n) is 13.1. The molecule has 24 heavy (non-hydrogen) atoms. The SMILES string of the molecule is COC(=O)c1cc(N=Cc2cc(Br)c(N3CCCC3)o2)ccc1Cl. The molecule has 0 unspecified atom stereocenters. The van der Waals surface area contributed by atoms with Gasteiger partial charge in [-0.3, -0.25) is 4.99 Å². The number of methoxy groups -OCH3 is 1. The van der Waals surface area contributed by atoms with E-state index in [1.807, 2.05) is 6.07 Å². The number of halogens is 2. The number of hydrogen-bond donors (Lipinski definition) is 0. The molecule has 0 bridgehead atoms. The molecule has 2 aromatic rings. The average molecular weight is 412 g/mol. The van der Waals surface area contributed by atoms with E-state index in [9.17, 15) is 4.79 Å². The molecule has 1 aromatic heterocycles. The largest absolute Gasteiger partial charge is 0.465 e. The topological polar surface area (TPSA) is 55.0 Å². The molecule has 7 heteroatoms. The van der Waals surface area contributed by atoms with Crippen molar-refractivity contribution in [3.63, 3.8) is 0 Å². The van der Waals surface area contributed by atoms with Gasteiger partial charge in [0.05, 0.1) is 34.1 Å². The normalized spacial score (nSPS) is 14.5. The lowest BCUT2D eigenvalue weighted by Crippen LogP contribution is -2.17. The van der Waals surface area contributed by atoms with Crippen LogP contribution in [0.3, 0.4) is 0 Å². The van der Waals surface area contributed by atoms with Crippen LogP contribution in [0, 0.1) is 0 Å². The molecule has 1 saturated heterocycles. The summed E-state index contributed by atoms with van der Waals surface area (Å²) in [7, 11) is 1.31. The molecule has 0 aliphatic carbocycles. The molecule has 3 rings (SSSR count). The van der Waals surface area contributed by atoms with Gasteiger partial charge in [-0.05, 0) is 47.0 Å². The Balaban J connectivity index is 1.81. The fourth-order valence-electron chi connectivity index (χ4n) is 2.57. The van der Waals surface area contributed by atoms with E-state index in [0.29, 0.717) is 16.5 Å². The van der Waals surface area contributed by atoms with Crippen LogP contribution in [0.1, 0.15) is 29.0 Å². The molecule has 1 aliphatic rings. The molecule has 0 radical (unpaired) electrons. The van der Waals surface area contributed by atoms with Crippen molar-refractivity contribution < 1.29 is 13.9 Å². The van der Waals surface area contributed by atoms with Crippen molar-refractivity contribution >= 4 is 51.3 Å². The van der Waals surface area contributed by atoms with Crippen LogP contribution < -0.4 is 4.90 Å². The van der Waals surface area contributed by atoms with E-state index in [4.69, 9.17) is 20.8 Å². The van der Waals surface area contributed by atoms with Crippen molar-refractivity contribution in [1.82, 2.24) is 0 Å². The van der Waals surface area contributed by atoms with Gasteiger partial charge in [0.25, 0.3) is 0 Å². The number of benzene rings is 1. The Labute approximate surface area is 153 Å². The van der Waals surface area contributed by atoms with Crippen molar-refractivity contribution in [2.45, 2.75) is 12.8 Å². The van der Waals surface area contributed by atoms with Crippen LogP contribution in [-0.4, -0.2) is 32.4 Å². The second kappa shape index (κ2) is 7.40. The first-order chi connectivity index (χ1) is 11.6. The van der Waals surface area contributed by atoms with Gasteiger partial charge in [0.1, 0.15) is 5.76 Å². The van der Waals surface area contributed by atoms with E-state index >= 15 is 0 Å². The molecular weight excluding hydrogens is 396 g/mol. The van der Waals surface area contributed by atoms with Crippen molar-refractivity contribution in [2.24, 2.45) is 4.99 Å². The number of carbonyl (C=O) groups is 1. The second-order valence-electron chi connectivity index (χ2n) is 5.41. The Morgan fingerprint density at radius 3 is 2.83 bits per heavy atom. The highest BCUT2D eigenvalue weighted by molar-refractivity contribution is 9.10. The van der Waals surface area contributed by atoms with Gasteiger partial charge in [0, 0.05) is 19.2 Å². The maximum absolute atomic E-state index is 11.7. The highest BCUT2D eigenvalue weighted by atomic mass is 79.9. The predicted octanol–water partition coefficient (Wildman–Crippen LogP) is 4.83. The quantitative estimate of drug-likeness (QED) is 0.534. The minimum atomic E-state index is -0.492. The van der Waals surface area contributed by atoms with Gasteiger partial charge in [0.2, 0.25) is 5.88 Å². The summed E-state index contributed by atoms with van der Waals surface area (Å²) in [6.45, 7) is 2.00. The van der Waals surface area contributed by atoms with Crippen LogP contribution in [-0.2, 0) is 4.74 Å². The third-order valence-corrected chi connectivity index (χ3v) is 4.67. The molecule has 126 valence electrons. The van der Waals surface area contributed by atoms with E-state index in [0.717, 1.165) is 23.4 Å². The average Bonchev–Trinajstić information content (AvgIpc) is 3.22. The van der Waals surface area contributed by atoms with Gasteiger partial charge < -0.3 is 14.1 Å². The second-order valence-corrected chi connectivity index (χ2v) is 6.67. The number of nitrogens with zero attached hydrogens (tertiary/aromatic N) is 2. The third kappa shape index (κ3) is 3.65. The lowest BCUT2D eigenvalue weighted by molar-refractivity contribution is 0.0601. The summed E-state index contributed by atoms with van der Waals surface area (Å²) in [4.78, 5) is 18.2. The van der Waals surface area contributed by atoms with Crippen LogP contribution in [0.15, 0.2) is 38.1 Å². The summed E-state index contributed by atoms with van der Waals surface area (Å²) in [5.74, 6) is 0.979. The number of hydrogen-bond acceptors (Lipinski definition) is 5. The highest BCUT2D eigenvalue weighted by Crippen LogP contribution is 2.32. The van der Waals surface area contributed by atoms with Gasteiger partial charge in [-0.15, -0.1) is 0 Å². The maximum atomic E-state index is 11.7. The van der Waals surface area contributed by atoms with Crippen LogP contribution in [0.2, 0.25) is 5.02 Å². The Bertz CT molecular complexity index is 782. The fraction of sp³-hybridized carbons (Fsp3) is 0.294. The molecule has 0 atom stereocenters. The van der Waals surface area contributed by atoms with E-state index in [2.05, 4.69) is 25.8 Å². The van der Waals surface area contributed by atoms with E-state index < -0.39 is 5.97 Å². The van der Waals surface area contributed by atoms with E-state index in [1.54, 1.807) is 24.4 Å². The molecular formula is C17H16BrClN2O3. The van der Waals surface area contributed by atoms with E-state index in [-0.39, 0.29) is 5.56 Å². The molecule has 2 heterocycles. The zero-order valence-corrected chi connectivity index (χ0v) is 15.4. The van der Waals surface area contributed by atoms with Gasteiger partial charge >= 0.3 is 5.97 Å². The van der Waals surface area contributed by atoms with Crippen LogP contribution in [0.5, 0.6) is 0 Å². The van der Waals surface area contributed by atoms with Crippen molar-refractivity contribution in [3.8, 4) is 0 Å². The van der Waals surface area contributed by atoms with E-state index in [1.165, 1.54) is 20.0 Å². The van der Waals surface area contributed by atoms with Crippen LogP contribution in [0.25, 0.3) is 0 Å². The Morgan fingerprint density at radius 1 is 1.38 bits per heavy atom. The molecule has 0 amide bonds. The smallest absolute Gasteiger partial charge is 0.339 e. The Kier molecular flexibility index (Phi) is 5.26. The molecule has 1 fully saturated rings. The third-order valence-electron chi connectivity index (χ3n) is 3.78. The summed E-state index contributed by atoms with van der Waals surface area (Å²) in [6.07, 6.45) is 3.98. The Hall–Kier alpha value is -1.79. The number of furan rings is 1. The van der Waals surface area contributed by atoms with Gasteiger partial charge in [-0.2, -0.15) is 0 Å². The summed E-state index contributed by atoms with van der Waals surface area (Å²) in [5, 5.41) is 0.331. The summed E-state index contributed by atoms with van der Waals surface area (Å²) < 4.78 is 11.5. The fourth-order valence-corrected chi connectivity index (χ4v) is 3.33. The lowest BCUT2D eigenvalue weighted by Gasteiger charge is -2.13. The Morgan fingerprint density at radius 2 is 2.12 bits per heavy atom. The minimum Gasteiger partial charge on any atom is -0.465 e. The van der Waals surface area contributed by atoms with Crippen LogP contribution in [0.4, 0.5) is 11.6 Å². The predicted molar refractivity (Wildman–Crippen MR) is 97.9 cm³/mol. The maximum Gasteiger partial charge on any atom is 0.339 e. The number of esters is 1. The summed E-state index contributed by atoms with van der Waals surface area (Å²) in [5.41, 5.74) is 0.877. The number of anilines is 1. The number of aliphatic imine (C=N–C) groups is 1. The van der Waals surface area contributed by atoms with Crippen LogP contribution >= 0.6 is 27.5 Å². The zero-order chi connectivity index (χ0) is 17.1. The molecule has 0 N–H and O–H groups in total.